The smallest absolute Gasteiger partial charge is 0.374 e. The highest BCUT2D eigenvalue weighted by Crippen LogP contribution is 2.50. The molecule has 36 heavy (non-hydrogen) atoms. The Labute approximate surface area is 210 Å². The molecule has 1 heterocycles. The SMILES string of the molecule is Cc1c(C(=O)NC(=O)NCC(F)(F)F)ccc(C2=NOC(c3cc(Cl)cc(Cl)c3)(C(F)(F)F)C2)c1C. The number of alkyl halides is 6. The van der Waals surface area contributed by atoms with E-state index in [9.17, 15) is 35.9 Å². The average molecular weight is 556 g/mol. The molecule has 0 fully saturated rings. The van der Waals surface area contributed by atoms with Crippen LogP contribution in [0.1, 0.15) is 39.0 Å². The Morgan fingerprint density at radius 1 is 1.03 bits per heavy atom. The Kier molecular flexibility index (Phi) is 7.52. The third kappa shape index (κ3) is 5.70. The van der Waals surface area contributed by atoms with Crippen molar-refractivity contribution in [3.05, 3.63) is 68.2 Å². The molecule has 2 N–H and O–H groups in total. The highest BCUT2D eigenvalue weighted by molar-refractivity contribution is 6.34. The summed E-state index contributed by atoms with van der Waals surface area (Å²) in [5.74, 6) is -0.996. The molecule has 14 heteroatoms. The lowest BCUT2D eigenvalue weighted by atomic mass is 9.85. The second-order valence-corrected chi connectivity index (χ2v) is 8.82. The highest BCUT2D eigenvalue weighted by Gasteiger charge is 2.62. The molecule has 0 saturated heterocycles. The predicted octanol–water partition coefficient (Wildman–Crippen LogP) is 6.19. The number of nitrogens with zero attached hydrogens (tertiary/aromatic N) is 1. The summed E-state index contributed by atoms with van der Waals surface area (Å²) in [6, 6.07) is 4.60. The Balaban J connectivity index is 1.87. The summed E-state index contributed by atoms with van der Waals surface area (Å²) < 4.78 is 79.3. The van der Waals surface area contributed by atoms with Crippen molar-refractivity contribution in [3.8, 4) is 0 Å². The standard InChI is InChI=1S/C22H17Cl2F6N3O3/c1-10-11(2)16(18(34)32-19(35)31-9-21(25,26)27)4-3-15(10)17-8-20(36-33-17,22(28,29)30)12-5-13(23)7-14(24)6-12/h3-7H,8-9H2,1-2H3,(H2,31,32,34,35). The van der Waals surface area contributed by atoms with Crippen LogP contribution in [0, 0.1) is 13.8 Å². The summed E-state index contributed by atoms with van der Waals surface area (Å²) in [5.41, 5.74) is -2.48. The summed E-state index contributed by atoms with van der Waals surface area (Å²) >= 11 is 11.8. The number of halogens is 8. The van der Waals surface area contributed by atoms with Crippen LogP contribution in [-0.4, -0.2) is 36.5 Å². The van der Waals surface area contributed by atoms with Crippen molar-refractivity contribution in [2.75, 3.05) is 6.54 Å². The molecule has 6 nitrogen and oxygen atoms in total. The molecule has 0 aromatic heterocycles. The van der Waals surface area contributed by atoms with E-state index >= 15 is 0 Å². The Morgan fingerprint density at radius 3 is 2.19 bits per heavy atom. The van der Waals surface area contributed by atoms with Crippen molar-refractivity contribution >= 4 is 40.9 Å². The van der Waals surface area contributed by atoms with Crippen LogP contribution in [-0.2, 0) is 10.4 Å². The topological polar surface area (TPSA) is 79.8 Å². The second kappa shape index (κ2) is 9.81. The zero-order valence-electron chi connectivity index (χ0n) is 18.5. The quantitative estimate of drug-likeness (QED) is 0.441. The lowest BCUT2D eigenvalue weighted by molar-refractivity contribution is -0.275. The second-order valence-electron chi connectivity index (χ2n) is 7.95. The van der Waals surface area contributed by atoms with Crippen LogP contribution in [0.5, 0.6) is 0 Å². The van der Waals surface area contributed by atoms with E-state index in [0.717, 1.165) is 12.1 Å². The largest absolute Gasteiger partial charge is 0.435 e. The van der Waals surface area contributed by atoms with Crippen LogP contribution >= 0.6 is 23.2 Å². The fourth-order valence-electron chi connectivity index (χ4n) is 3.61. The number of rotatable bonds is 4. The van der Waals surface area contributed by atoms with Gasteiger partial charge in [-0.25, -0.2) is 4.79 Å². The van der Waals surface area contributed by atoms with Gasteiger partial charge in [-0.15, -0.1) is 0 Å². The van der Waals surface area contributed by atoms with Crippen LogP contribution in [0.2, 0.25) is 10.0 Å². The van der Waals surface area contributed by atoms with Crippen LogP contribution < -0.4 is 10.6 Å². The average Bonchev–Trinajstić information content (AvgIpc) is 3.19. The molecule has 3 rings (SSSR count). The number of carbonyl (C=O) groups excluding carboxylic acids is 2. The van der Waals surface area contributed by atoms with E-state index < -0.39 is 42.9 Å². The maximum atomic E-state index is 14.2. The fraction of sp³-hybridized carbons (Fsp3) is 0.318. The lowest BCUT2D eigenvalue weighted by Gasteiger charge is -2.29. The van der Waals surface area contributed by atoms with Crippen LogP contribution in [0.4, 0.5) is 31.1 Å². The molecular weight excluding hydrogens is 539 g/mol. The van der Waals surface area contributed by atoms with Crippen molar-refractivity contribution < 1.29 is 40.8 Å². The summed E-state index contributed by atoms with van der Waals surface area (Å²) in [6.45, 7) is 1.34. The minimum absolute atomic E-state index is 0.0279. The number of carbonyl (C=O) groups is 2. The van der Waals surface area contributed by atoms with E-state index in [1.807, 2.05) is 0 Å². The maximum absolute atomic E-state index is 14.2. The third-order valence-electron chi connectivity index (χ3n) is 5.53. The number of nitrogens with one attached hydrogen (secondary N) is 2. The molecule has 1 unspecified atom stereocenters. The van der Waals surface area contributed by atoms with Crippen LogP contribution in [0.3, 0.4) is 0 Å². The molecule has 1 aliphatic rings. The van der Waals surface area contributed by atoms with Gasteiger partial charge >= 0.3 is 18.4 Å². The van der Waals surface area contributed by atoms with Gasteiger partial charge in [-0.05, 0) is 49.2 Å². The Morgan fingerprint density at radius 2 is 1.64 bits per heavy atom. The van der Waals surface area contributed by atoms with E-state index in [2.05, 4.69) is 5.16 Å². The third-order valence-corrected chi connectivity index (χ3v) is 5.97. The number of urea groups is 1. The van der Waals surface area contributed by atoms with Gasteiger partial charge in [0, 0.05) is 33.2 Å². The first kappa shape index (κ1) is 27.6. The van der Waals surface area contributed by atoms with Crippen LogP contribution in [0.15, 0.2) is 35.5 Å². The van der Waals surface area contributed by atoms with E-state index in [-0.39, 0.29) is 38.0 Å². The molecule has 3 amide bonds. The van der Waals surface area contributed by atoms with E-state index in [1.54, 1.807) is 5.32 Å². The zero-order chi connectivity index (χ0) is 27.1. The first-order chi connectivity index (χ1) is 16.5. The molecule has 2 aromatic rings. The van der Waals surface area contributed by atoms with Gasteiger partial charge in [0.05, 0.1) is 5.71 Å². The van der Waals surface area contributed by atoms with Gasteiger partial charge in [-0.1, -0.05) is 34.4 Å². The van der Waals surface area contributed by atoms with Crippen molar-refractivity contribution in [1.29, 1.82) is 0 Å². The van der Waals surface area contributed by atoms with Gasteiger partial charge < -0.3 is 10.2 Å². The zero-order valence-corrected chi connectivity index (χ0v) is 20.0. The van der Waals surface area contributed by atoms with E-state index in [0.29, 0.717) is 5.56 Å². The van der Waals surface area contributed by atoms with Gasteiger partial charge in [0.15, 0.2) is 0 Å². The highest BCUT2D eigenvalue weighted by atomic mass is 35.5. The molecule has 0 spiro atoms. The first-order valence-electron chi connectivity index (χ1n) is 10.1. The summed E-state index contributed by atoms with van der Waals surface area (Å²) in [6.07, 6.45) is -10.3. The summed E-state index contributed by atoms with van der Waals surface area (Å²) in [4.78, 5) is 28.9. The normalized spacial score (nSPS) is 17.9. The molecule has 0 saturated carbocycles. The number of hydrogen-bond donors (Lipinski definition) is 2. The number of amides is 3. The molecular formula is C22H17Cl2F6N3O3. The fourth-order valence-corrected chi connectivity index (χ4v) is 4.14. The number of imide groups is 1. The molecule has 194 valence electrons. The summed E-state index contributed by atoms with van der Waals surface area (Å²) in [5, 5.41) is 6.89. The lowest BCUT2D eigenvalue weighted by Crippen LogP contribution is -2.43. The molecule has 0 radical (unpaired) electrons. The predicted molar refractivity (Wildman–Crippen MR) is 119 cm³/mol. The first-order valence-corrected chi connectivity index (χ1v) is 10.8. The van der Waals surface area contributed by atoms with Crippen molar-refractivity contribution in [1.82, 2.24) is 10.6 Å². The van der Waals surface area contributed by atoms with Gasteiger partial charge in [0.25, 0.3) is 11.5 Å². The maximum Gasteiger partial charge on any atom is 0.435 e. The molecule has 0 bridgehead atoms. The molecule has 2 aromatic carbocycles. The minimum atomic E-state index is -4.90. The van der Waals surface area contributed by atoms with Crippen molar-refractivity contribution in [2.24, 2.45) is 5.16 Å². The Bertz CT molecular complexity index is 1230. The van der Waals surface area contributed by atoms with Gasteiger partial charge in [-0.3, -0.25) is 10.1 Å². The van der Waals surface area contributed by atoms with Gasteiger partial charge in [0.1, 0.15) is 6.54 Å². The van der Waals surface area contributed by atoms with Crippen LogP contribution in [0.25, 0.3) is 0 Å². The van der Waals surface area contributed by atoms with Gasteiger partial charge in [0.2, 0.25) is 0 Å². The van der Waals surface area contributed by atoms with Crippen molar-refractivity contribution in [3.63, 3.8) is 0 Å². The number of oxime groups is 1. The van der Waals surface area contributed by atoms with E-state index in [4.69, 9.17) is 28.0 Å². The molecule has 1 atom stereocenters. The molecule has 0 aliphatic carbocycles. The minimum Gasteiger partial charge on any atom is -0.374 e. The van der Waals surface area contributed by atoms with Crippen molar-refractivity contribution in [2.45, 2.75) is 38.2 Å². The number of benzene rings is 2. The summed E-state index contributed by atoms with van der Waals surface area (Å²) in [7, 11) is 0. The Hall–Kier alpha value is -2.99. The monoisotopic (exact) mass is 555 g/mol. The van der Waals surface area contributed by atoms with Gasteiger partial charge in [-0.2, -0.15) is 26.3 Å². The molecule has 1 aliphatic heterocycles. The van der Waals surface area contributed by atoms with E-state index in [1.165, 1.54) is 37.4 Å². The number of hydrogen-bond acceptors (Lipinski definition) is 4.